The van der Waals surface area contributed by atoms with E-state index < -0.39 is 23.8 Å². The number of hydrogen-bond acceptors (Lipinski definition) is 6. The summed E-state index contributed by atoms with van der Waals surface area (Å²) in [5.74, 6) is -2.27. The summed E-state index contributed by atoms with van der Waals surface area (Å²) in [7, 11) is 0. The number of hydrogen-bond donors (Lipinski definition) is 3. The third-order valence-electron chi connectivity index (χ3n) is 5.72. The van der Waals surface area contributed by atoms with Crippen LogP contribution in [-0.4, -0.2) is 39.7 Å². The SMILES string of the molecule is O=C(CCCC(C(=O)O)N1C(=O)c2cccc(NCc3ccco3)c2C1=O)NC1=CC=CCC=C1. The zero-order chi connectivity index (χ0) is 24.8. The number of nitrogens with zero attached hydrogens (tertiary/aromatic N) is 1. The molecule has 9 heteroatoms. The molecule has 0 bridgehead atoms. The van der Waals surface area contributed by atoms with Crippen molar-refractivity contribution in [3.63, 3.8) is 0 Å². The number of carboxylic acid groups (broad SMARTS) is 1. The van der Waals surface area contributed by atoms with Crippen LogP contribution in [0.4, 0.5) is 5.69 Å². The fourth-order valence-electron chi connectivity index (χ4n) is 4.03. The molecule has 4 rings (SSSR count). The van der Waals surface area contributed by atoms with Gasteiger partial charge in [-0.05, 0) is 55.7 Å². The van der Waals surface area contributed by atoms with Crippen molar-refractivity contribution in [2.75, 3.05) is 5.32 Å². The van der Waals surface area contributed by atoms with E-state index in [1.807, 2.05) is 18.2 Å². The van der Waals surface area contributed by atoms with Crippen molar-refractivity contribution >= 4 is 29.4 Å². The van der Waals surface area contributed by atoms with Gasteiger partial charge >= 0.3 is 5.97 Å². The van der Waals surface area contributed by atoms with E-state index in [4.69, 9.17) is 4.42 Å². The lowest BCUT2D eigenvalue weighted by Crippen LogP contribution is -2.45. The summed E-state index contributed by atoms with van der Waals surface area (Å²) in [6, 6.07) is 6.91. The minimum atomic E-state index is -1.38. The molecular formula is C26H25N3O6. The molecule has 1 aromatic carbocycles. The van der Waals surface area contributed by atoms with Gasteiger partial charge < -0.3 is 20.2 Å². The van der Waals surface area contributed by atoms with Gasteiger partial charge in [-0.3, -0.25) is 19.3 Å². The highest BCUT2D eigenvalue weighted by molar-refractivity contribution is 6.24. The standard InChI is InChI=1S/C26H25N3O6/c30-22(28-17-8-3-1-2-4-9-17)14-6-13-21(26(33)34)29-24(31)19-11-5-12-20(23(19)25(29)32)27-16-18-10-7-15-35-18/h1,3-5,7-12,15,21,27H,2,6,13-14,16H2,(H,28,30)(H,33,34). The molecule has 0 saturated carbocycles. The molecule has 1 aliphatic heterocycles. The van der Waals surface area contributed by atoms with E-state index in [1.54, 1.807) is 36.4 Å². The molecule has 3 amide bonds. The van der Waals surface area contributed by atoms with Crippen LogP contribution >= 0.6 is 0 Å². The van der Waals surface area contributed by atoms with E-state index in [0.717, 1.165) is 11.3 Å². The first kappa shape index (κ1) is 23.7. The van der Waals surface area contributed by atoms with Gasteiger partial charge in [0.15, 0.2) is 0 Å². The third-order valence-corrected chi connectivity index (χ3v) is 5.72. The number of carbonyl (C=O) groups is 4. The molecule has 0 radical (unpaired) electrons. The average Bonchev–Trinajstić information content (AvgIpc) is 3.35. The molecule has 1 unspecified atom stereocenters. The van der Waals surface area contributed by atoms with Gasteiger partial charge in [-0.25, -0.2) is 4.79 Å². The summed E-state index contributed by atoms with van der Waals surface area (Å²) in [6.45, 7) is 0.295. The number of aliphatic carboxylic acids is 1. The van der Waals surface area contributed by atoms with Gasteiger partial charge in [0.25, 0.3) is 11.8 Å². The number of rotatable bonds is 10. The highest BCUT2D eigenvalue weighted by Crippen LogP contribution is 2.32. The van der Waals surface area contributed by atoms with Crippen molar-refractivity contribution in [3.05, 3.63) is 89.6 Å². The Labute approximate surface area is 201 Å². The van der Waals surface area contributed by atoms with Crippen LogP contribution in [0.3, 0.4) is 0 Å². The van der Waals surface area contributed by atoms with E-state index >= 15 is 0 Å². The third kappa shape index (κ3) is 5.40. The molecule has 1 aliphatic carbocycles. The minimum absolute atomic E-state index is 0.0435. The van der Waals surface area contributed by atoms with E-state index in [0.29, 0.717) is 23.7 Å². The molecule has 0 saturated heterocycles. The quantitative estimate of drug-likeness (QED) is 0.448. The number of amides is 3. The first-order valence-corrected chi connectivity index (χ1v) is 11.3. The normalized spacial score (nSPS) is 15.4. The highest BCUT2D eigenvalue weighted by Gasteiger charge is 2.44. The van der Waals surface area contributed by atoms with Crippen molar-refractivity contribution in [1.29, 1.82) is 0 Å². The minimum Gasteiger partial charge on any atom is -0.480 e. The molecule has 3 N–H and O–H groups in total. The fourth-order valence-corrected chi connectivity index (χ4v) is 4.03. The zero-order valence-electron chi connectivity index (χ0n) is 18.9. The van der Waals surface area contributed by atoms with Gasteiger partial charge in [0.05, 0.1) is 23.9 Å². The summed E-state index contributed by atoms with van der Waals surface area (Å²) in [5, 5.41) is 15.7. The topological polar surface area (TPSA) is 129 Å². The lowest BCUT2D eigenvalue weighted by atomic mass is 10.1. The monoisotopic (exact) mass is 475 g/mol. The van der Waals surface area contributed by atoms with Gasteiger partial charge in [0.1, 0.15) is 11.8 Å². The van der Waals surface area contributed by atoms with Gasteiger partial charge in [-0.1, -0.05) is 24.3 Å². The highest BCUT2D eigenvalue weighted by atomic mass is 16.4. The van der Waals surface area contributed by atoms with E-state index in [1.165, 1.54) is 12.3 Å². The van der Waals surface area contributed by atoms with Gasteiger partial charge in [-0.2, -0.15) is 0 Å². The summed E-state index contributed by atoms with van der Waals surface area (Å²) in [6.07, 6.45) is 11.8. The Morgan fingerprint density at radius 1 is 1.11 bits per heavy atom. The van der Waals surface area contributed by atoms with Crippen LogP contribution < -0.4 is 10.6 Å². The Hall–Kier alpha value is -4.40. The molecule has 1 atom stereocenters. The lowest BCUT2D eigenvalue weighted by Gasteiger charge is -2.22. The first-order valence-electron chi connectivity index (χ1n) is 11.3. The van der Waals surface area contributed by atoms with Crippen LogP contribution in [0.1, 0.15) is 52.2 Å². The number of fused-ring (bicyclic) bond motifs is 1. The van der Waals surface area contributed by atoms with Crippen LogP contribution in [0.15, 0.2) is 77.1 Å². The molecule has 9 nitrogen and oxygen atoms in total. The molecule has 0 spiro atoms. The maximum absolute atomic E-state index is 13.2. The summed E-state index contributed by atoms with van der Waals surface area (Å²) in [5.41, 5.74) is 1.34. The summed E-state index contributed by atoms with van der Waals surface area (Å²) < 4.78 is 5.29. The van der Waals surface area contributed by atoms with Crippen LogP contribution in [0.25, 0.3) is 0 Å². The van der Waals surface area contributed by atoms with E-state index in [9.17, 15) is 24.3 Å². The van der Waals surface area contributed by atoms with Gasteiger partial charge in [0, 0.05) is 17.8 Å². The Morgan fingerprint density at radius 2 is 1.97 bits per heavy atom. The Morgan fingerprint density at radius 3 is 2.74 bits per heavy atom. The Kier molecular flexibility index (Phi) is 7.25. The summed E-state index contributed by atoms with van der Waals surface area (Å²) in [4.78, 5) is 51.3. The Balaban J connectivity index is 1.42. The predicted octanol–water partition coefficient (Wildman–Crippen LogP) is 3.63. The number of allylic oxidation sites excluding steroid dienone is 5. The number of imide groups is 1. The largest absolute Gasteiger partial charge is 0.480 e. The fraction of sp³-hybridized carbons (Fsp3) is 0.231. The maximum Gasteiger partial charge on any atom is 0.326 e. The van der Waals surface area contributed by atoms with Gasteiger partial charge in [0.2, 0.25) is 5.91 Å². The smallest absolute Gasteiger partial charge is 0.326 e. The first-order chi connectivity index (χ1) is 17.0. The number of nitrogens with one attached hydrogen (secondary N) is 2. The molecule has 2 aliphatic rings. The van der Waals surface area contributed by atoms with E-state index in [2.05, 4.69) is 10.6 Å². The van der Waals surface area contributed by atoms with Crippen LogP contribution in [0.5, 0.6) is 0 Å². The van der Waals surface area contributed by atoms with Crippen molar-refractivity contribution in [1.82, 2.24) is 10.2 Å². The van der Waals surface area contributed by atoms with E-state index in [-0.39, 0.29) is 36.3 Å². The number of furan rings is 1. The second-order valence-electron chi connectivity index (χ2n) is 8.12. The van der Waals surface area contributed by atoms with Gasteiger partial charge in [-0.15, -0.1) is 0 Å². The number of carbonyl (C=O) groups excluding carboxylic acids is 3. The van der Waals surface area contributed by atoms with Crippen LogP contribution in [0, 0.1) is 0 Å². The molecule has 2 heterocycles. The number of anilines is 1. The zero-order valence-corrected chi connectivity index (χ0v) is 18.9. The molecule has 0 fully saturated rings. The number of carboxylic acids is 1. The second-order valence-corrected chi connectivity index (χ2v) is 8.12. The molecule has 2 aromatic rings. The number of benzene rings is 1. The lowest BCUT2D eigenvalue weighted by molar-refractivity contribution is -0.142. The molecular weight excluding hydrogens is 450 g/mol. The van der Waals surface area contributed by atoms with Crippen molar-refractivity contribution < 1.29 is 28.7 Å². The van der Waals surface area contributed by atoms with Crippen molar-refractivity contribution in [2.24, 2.45) is 0 Å². The van der Waals surface area contributed by atoms with Crippen molar-refractivity contribution in [2.45, 2.75) is 38.3 Å². The molecule has 1 aromatic heterocycles. The van der Waals surface area contributed by atoms with Crippen LogP contribution in [-0.2, 0) is 16.1 Å². The van der Waals surface area contributed by atoms with Crippen molar-refractivity contribution in [3.8, 4) is 0 Å². The molecule has 35 heavy (non-hydrogen) atoms. The maximum atomic E-state index is 13.2. The average molecular weight is 476 g/mol. The second kappa shape index (κ2) is 10.7. The van der Waals surface area contributed by atoms with Crippen LogP contribution in [0.2, 0.25) is 0 Å². The molecule has 180 valence electrons. The Bertz CT molecular complexity index is 1230. The predicted molar refractivity (Wildman–Crippen MR) is 127 cm³/mol. The summed E-state index contributed by atoms with van der Waals surface area (Å²) >= 11 is 0.